The Labute approximate surface area is 256 Å². The van der Waals surface area contributed by atoms with Crippen LogP contribution in [0.1, 0.15) is 187 Å². The van der Waals surface area contributed by atoms with Crippen molar-refractivity contribution in [1.29, 1.82) is 0 Å². The number of carbonyl (C=O) groups excluding carboxylic acids is 1. The van der Waals surface area contributed by atoms with E-state index < -0.39 is 12.1 Å². The molecule has 242 valence electrons. The molecule has 0 aliphatic carbocycles. The summed E-state index contributed by atoms with van der Waals surface area (Å²) in [6.07, 6.45) is 41.2. The Morgan fingerprint density at radius 3 is 1.41 bits per heavy atom. The summed E-state index contributed by atoms with van der Waals surface area (Å²) >= 11 is 0. The van der Waals surface area contributed by atoms with Crippen molar-refractivity contribution in [1.82, 2.24) is 5.32 Å². The normalized spacial score (nSPS) is 13.4. The molecule has 0 saturated heterocycles. The third-order valence-corrected chi connectivity index (χ3v) is 8.18. The molecule has 2 unspecified atom stereocenters. The topological polar surface area (TPSA) is 69.6 Å². The van der Waals surface area contributed by atoms with Crippen LogP contribution in [0.4, 0.5) is 0 Å². The second-order valence-electron chi connectivity index (χ2n) is 12.3. The molecule has 0 aromatic heterocycles. The zero-order valence-electron chi connectivity index (χ0n) is 27.6. The van der Waals surface area contributed by atoms with Crippen LogP contribution in [0.25, 0.3) is 0 Å². The van der Waals surface area contributed by atoms with Crippen LogP contribution in [-0.2, 0) is 4.79 Å². The van der Waals surface area contributed by atoms with Crippen LogP contribution in [-0.4, -0.2) is 34.9 Å². The van der Waals surface area contributed by atoms with Crippen molar-refractivity contribution in [3.63, 3.8) is 0 Å². The van der Waals surface area contributed by atoms with E-state index >= 15 is 0 Å². The molecule has 0 bridgehead atoms. The van der Waals surface area contributed by atoms with Crippen LogP contribution in [0.15, 0.2) is 24.3 Å². The van der Waals surface area contributed by atoms with E-state index in [2.05, 4.69) is 31.3 Å². The third-order valence-electron chi connectivity index (χ3n) is 8.18. The molecule has 0 spiro atoms. The lowest BCUT2D eigenvalue weighted by Gasteiger charge is -2.20. The van der Waals surface area contributed by atoms with Crippen LogP contribution in [0.5, 0.6) is 0 Å². The highest BCUT2D eigenvalue weighted by Crippen LogP contribution is 2.14. The number of nitrogens with one attached hydrogen (secondary N) is 1. The Bertz CT molecular complexity index is 589. The number of rotatable bonds is 32. The van der Waals surface area contributed by atoms with Gasteiger partial charge in [-0.25, -0.2) is 0 Å². The predicted octanol–water partition coefficient (Wildman–Crippen LogP) is 10.5. The number of allylic oxidation sites excluding steroid dienone is 3. The summed E-state index contributed by atoms with van der Waals surface area (Å²) in [5.74, 6) is -0.0795. The Morgan fingerprint density at radius 1 is 0.561 bits per heavy atom. The number of aliphatic hydroxyl groups is 2. The van der Waals surface area contributed by atoms with E-state index in [0.717, 1.165) is 38.5 Å². The van der Waals surface area contributed by atoms with Gasteiger partial charge in [0, 0.05) is 6.42 Å². The number of carbonyl (C=O) groups is 1. The maximum atomic E-state index is 12.2. The van der Waals surface area contributed by atoms with Crippen LogP contribution in [0, 0.1) is 0 Å². The summed E-state index contributed by atoms with van der Waals surface area (Å²) in [6, 6.07) is -0.623. The van der Waals surface area contributed by atoms with Gasteiger partial charge in [0.15, 0.2) is 0 Å². The summed E-state index contributed by atoms with van der Waals surface area (Å²) in [5.41, 5.74) is 0. The second kappa shape index (κ2) is 33.4. The van der Waals surface area contributed by atoms with E-state index in [1.54, 1.807) is 6.08 Å². The quantitative estimate of drug-likeness (QED) is 0.0550. The highest BCUT2D eigenvalue weighted by atomic mass is 16.3. The Morgan fingerprint density at radius 2 is 0.951 bits per heavy atom. The minimum Gasteiger partial charge on any atom is -0.394 e. The van der Waals surface area contributed by atoms with E-state index in [1.807, 2.05) is 6.08 Å². The first-order valence-electron chi connectivity index (χ1n) is 18.1. The van der Waals surface area contributed by atoms with Gasteiger partial charge in [-0.3, -0.25) is 4.79 Å². The lowest BCUT2D eigenvalue weighted by molar-refractivity contribution is -0.123. The number of aliphatic hydroxyl groups excluding tert-OH is 2. The minimum absolute atomic E-state index is 0.0795. The Hall–Kier alpha value is -1.13. The molecule has 1 amide bonds. The van der Waals surface area contributed by atoms with E-state index in [9.17, 15) is 15.0 Å². The zero-order chi connectivity index (χ0) is 30.1. The second-order valence-corrected chi connectivity index (χ2v) is 12.3. The zero-order valence-corrected chi connectivity index (χ0v) is 27.6. The SMILES string of the molecule is CCCC/C=C\CCCCCCC(=O)NC(CO)C(O)/C=C/CCCCCCCCCCCCCCCCCCC. The fraction of sp³-hybridized carbons (Fsp3) is 0.865. The summed E-state index contributed by atoms with van der Waals surface area (Å²) in [5, 5.41) is 22.8. The highest BCUT2D eigenvalue weighted by Gasteiger charge is 2.17. The molecule has 0 rings (SSSR count). The van der Waals surface area contributed by atoms with Gasteiger partial charge < -0.3 is 15.5 Å². The van der Waals surface area contributed by atoms with Gasteiger partial charge in [0.05, 0.1) is 18.8 Å². The molecule has 0 aromatic carbocycles. The maximum absolute atomic E-state index is 12.2. The summed E-state index contributed by atoms with van der Waals surface area (Å²) in [6.45, 7) is 4.25. The van der Waals surface area contributed by atoms with Crippen molar-refractivity contribution >= 4 is 5.91 Å². The molecule has 0 aromatic rings. The van der Waals surface area contributed by atoms with Gasteiger partial charge in [0.1, 0.15) is 0 Å². The Balaban J connectivity index is 3.59. The molecule has 0 aliphatic heterocycles. The van der Waals surface area contributed by atoms with Gasteiger partial charge >= 0.3 is 0 Å². The molecule has 4 nitrogen and oxygen atoms in total. The molecule has 0 aliphatic rings. The number of amides is 1. The van der Waals surface area contributed by atoms with Gasteiger partial charge in [-0.05, 0) is 38.5 Å². The van der Waals surface area contributed by atoms with Gasteiger partial charge in [-0.1, -0.05) is 167 Å². The van der Waals surface area contributed by atoms with Crippen molar-refractivity contribution in [3.8, 4) is 0 Å². The Kier molecular flexibility index (Phi) is 32.5. The molecular formula is C37H71NO3. The fourth-order valence-electron chi connectivity index (χ4n) is 5.33. The average molecular weight is 578 g/mol. The molecule has 0 radical (unpaired) electrons. The molecular weight excluding hydrogens is 506 g/mol. The summed E-state index contributed by atoms with van der Waals surface area (Å²) in [7, 11) is 0. The largest absolute Gasteiger partial charge is 0.394 e. The van der Waals surface area contributed by atoms with Gasteiger partial charge in [0.2, 0.25) is 5.91 Å². The van der Waals surface area contributed by atoms with Crippen molar-refractivity contribution < 1.29 is 15.0 Å². The molecule has 0 saturated carbocycles. The smallest absolute Gasteiger partial charge is 0.220 e. The van der Waals surface area contributed by atoms with E-state index in [0.29, 0.717) is 6.42 Å². The standard InChI is InChI=1S/C37H71NO3/c1-3-5-7-9-11-13-15-16-17-18-19-20-21-22-23-24-26-28-30-32-36(40)35(34-39)38-37(41)33-31-29-27-25-14-12-10-8-6-4-2/h10,12,30,32,35-36,39-40H,3-9,11,13-29,31,33-34H2,1-2H3,(H,38,41)/b12-10-,32-30+. The summed E-state index contributed by atoms with van der Waals surface area (Å²) in [4.78, 5) is 12.2. The molecule has 3 N–H and O–H groups in total. The fourth-order valence-corrected chi connectivity index (χ4v) is 5.33. The number of unbranched alkanes of at least 4 members (excludes halogenated alkanes) is 23. The van der Waals surface area contributed by atoms with Crippen LogP contribution in [0.3, 0.4) is 0 Å². The van der Waals surface area contributed by atoms with Gasteiger partial charge in [-0.15, -0.1) is 0 Å². The molecule has 2 atom stereocenters. The van der Waals surface area contributed by atoms with Gasteiger partial charge in [0.25, 0.3) is 0 Å². The van der Waals surface area contributed by atoms with E-state index in [1.165, 1.54) is 128 Å². The van der Waals surface area contributed by atoms with Crippen molar-refractivity contribution in [2.45, 2.75) is 199 Å². The van der Waals surface area contributed by atoms with E-state index in [4.69, 9.17) is 0 Å². The lowest BCUT2D eigenvalue weighted by atomic mass is 10.0. The monoisotopic (exact) mass is 578 g/mol. The number of hydrogen-bond donors (Lipinski definition) is 3. The van der Waals surface area contributed by atoms with Crippen molar-refractivity contribution in [2.24, 2.45) is 0 Å². The first-order valence-corrected chi connectivity index (χ1v) is 18.1. The number of hydrogen-bond acceptors (Lipinski definition) is 3. The first-order chi connectivity index (χ1) is 20.2. The average Bonchev–Trinajstić information content (AvgIpc) is 2.97. The predicted molar refractivity (Wildman–Crippen MR) is 179 cm³/mol. The first kappa shape index (κ1) is 39.9. The lowest BCUT2D eigenvalue weighted by Crippen LogP contribution is -2.45. The third kappa shape index (κ3) is 30.1. The maximum Gasteiger partial charge on any atom is 0.220 e. The minimum atomic E-state index is -0.839. The van der Waals surface area contributed by atoms with Crippen molar-refractivity contribution in [3.05, 3.63) is 24.3 Å². The molecule has 41 heavy (non-hydrogen) atoms. The van der Waals surface area contributed by atoms with Gasteiger partial charge in [-0.2, -0.15) is 0 Å². The molecule has 0 fully saturated rings. The molecule has 4 heteroatoms. The van der Waals surface area contributed by atoms with E-state index in [-0.39, 0.29) is 12.5 Å². The van der Waals surface area contributed by atoms with Crippen LogP contribution < -0.4 is 5.32 Å². The highest BCUT2D eigenvalue weighted by molar-refractivity contribution is 5.76. The van der Waals surface area contributed by atoms with Crippen molar-refractivity contribution in [2.75, 3.05) is 6.61 Å². The van der Waals surface area contributed by atoms with Crippen LogP contribution in [0.2, 0.25) is 0 Å². The summed E-state index contributed by atoms with van der Waals surface area (Å²) < 4.78 is 0. The van der Waals surface area contributed by atoms with Crippen LogP contribution >= 0.6 is 0 Å². The molecule has 0 heterocycles.